The number of benzene rings is 3. The highest BCUT2D eigenvalue weighted by molar-refractivity contribution is 6.34. The van der Waals surface area contributed by atoms with E-state index >= 15 is 0 Å². The van der Waals surface area contributed by atoms with Crippen LogP contribution in [0.15, 0.2) is 85.5 Å². The first-order chi connectivity index (χ1) is 19.0. The Kier molecular flexibility index (Phi) is 6.30. The van der Waals surface area contributed by atoms with E-state index in [1.54, 1.807) is 41.5 Å². The summed E-state index contributed by atoms with van der Waals surface area (Å²) in [6.07, 6.45) is 10.5. The molecule has 39 heavy (non-hydrogen) atoms. The third kappa shape index (κ3) is 4.73. The number of hydrogen-bond donors (Lipinski definition) is 2. The molecule has 3 aromatic carbocycles. The van der Waals surface area contributed by atoms with Gasteiger partial charge >= 0.3 is 0 Å². The van der Waals surface area contributed by atoms with Crippen molar-refractivity contribution in [2.45, 2.75) is 12.8 Å². The normalized spacial score (nSPS) is 12.2. The molecule has 0 aliphatic heterocycles. The summed E-state index contributed by atoms with van der Waals surface area (Å²) < 4.78 is 3.62. The Bertz CT molecular complexity index is 1740. The number of nitrogens with two attached hydrogens (primary N) is 1. The van der Waals surface area contributed by atoms with Gasteiger partial charge in [-0.3, -0.25) is 9.59 Å². The molecular weight excluding hydrogens is 512 g/mol. The molecule has 2 heterocycles. The average molecular weight is 535 g/mol. The van der Waals surface area contributed by atoms with E-state index in [-0.39, 0.29) is 11.6 Å². The smallest absolute Gasteiger partial charge is 0.269 e. The van der Waals surface area contributed by atoms with Gasteiger partial charge in [0.15, 0.2) is 5.69 Å². The second-order valence-electron chi connectivity index (χ2n) is 9.17. The number of imidazole rings is 1. The number of halogens is 1. The monoisotopic (exact) mass is 534 g/mol. The Hall–Kier alpha value is -4.95. The third-order valence-corrected chi connectivity index (χ3v) is 7.03. The maximum atomic E-state index is 12.9. The molecule has 8 nitrogen and oxygen atoms in total. The fraction of sp³-hybridized carbons (Fsp3) is 0.0667. The molecule has 6 rings (SSSR count). The van der Waals surface area contributed by atoms with Gasteiger partial charge in [0, 0.05) is 35.4 Å². The Balaban J connectivity index is 1.38. The molecule has 2 amide bonds. The van der Waals surface area contributed by atoms with Gasteiger partial charge in [-0.25, -0.2) is 9.67 Å². The molecule has 3 N–H and O–H groups in total. The van der Waals surface area contributed by atoms with Gasteiger partial charge in [0.25, 0.3) is 11.8 Å². The van der Waals surface area contributed by atoms with Gasteiger partial charge in [-0.1, -0.05) is 41.9 Å². The topological polar surface area (TPSA) is 108 Å². The number of carbonyl (C=O) groups is 2. The van der Waals surface area contributed by atoms with E-state index in [1.807, 2.05) is 65.5 Å². The summed E-state index contributed by atoms with van der Waals surface area (Å²) in [6, 6.07) is 20.5. The van der Waals surface area contributed by atoms with Crippen molar-refractivity contribution < 1.29 is 9.59 Å². The minimum atomic E-state index is -0.573. The summed E-state index contributed by atoms with van der Waals surface area (Å²) >= 11 is 6.22. The van der Waals surface area contributed by atoms with Crippen LogP contribution >= 0.6 is 11.6 Å². The SMILES string of the molecule is NC(=O)c1nn(-c2ccc(/C=C/n3ccnc3)cc2)c2c1CCc1ccc(NC(=O)c3ccccc3Cl)cc1-2. The highest BCUT2D eigenvalue weighted by Gasteiger charge is 2.28. The Morgan fingerprint density at radius 3 is 2.59 bits per heavy atom. The van der Waals surface area contributed by atoms with Crippen molar-refractivity contribution in [1.29, 1.82) is 0 Å². The molecule has 2 aromatic heterocycles. The standard InChI is InChI=1S/C30H23ClN6O2/c31-26-4-2-1-3-23(26)30(39)34-21-9-7-20-8-12-24-27(29(32)38)35-37(28(24)25(20)17-21)22-10-5-19(6-11-22)13-15-36-16-14-33-18-36/h1-7,9-11,13-18H,8,12H2,(H2,32,38)(H,34,39)/b15-13+. The number of amides is 2. The fourth-order valence-electron chi connectivity index (χ4n) is 4.80. The van der Waals surface area contributed by atoms with E-state index < -0.39 is 5.91 Å². The Morgan fingerprint density at radius 1 is 1.03 bits per heavy atom. The summed E-state index contributed by atoms with van der Waals surface area (Å²) in [5.41, 5.74) is 12.3. The van der Waals surface area contributed by atoms with Crippen molar-refractivity contribution in [3.63, 3.8) is 0 Å². The number of nitrogens with one attached hydrogen (secondary N) is 1. The minimum absolute atomic E-state index is 0.255. The lowest BCUT2D eigenvalue weighted by atomic mass is 9.88. The van der Waals surface area contributed by atoms with Gasteiger partial charge in [0.2, 0.25) is 0 Å². The van der Waals surface area contributed by atoms with Crippen molar-refractivity contribution in [2.24, 2.45) is 5.73 Å². The van der Waals surface area contributed by atoms with E-state index in [4.69, 9.17) is 17.3 Å². The lowest BCUT2D eigenvalue weighted by molar-refractivity contribution is 0.0992. The number of primary amides is 1. The fourth-order valence-corrected chi connectivity index (χ4v) is 5.02. The van der Waals surface area contributed by atoms with Crippen LogP contribution in [-0.4, -0.2) is 31.1 Å². The third-order valence-electron chi connectivity index (χ3n) is 6.70. The summed E-state index contributed by atoms with van der Waals surface area (Å²) in [4.78, 5) is 29.3. The maximum Gasteiger partial charge on any atom is 0.269 e. The molecule has 0 saturated heterocycles. The van der Waals surface area contributed by atoms with E-state index in [1.165, 1.54) is 0 Å². The summed E-state index contributed by atoms with van der Waals surface area (Å²) in [6.45, 7) is 0. The van der Waals surface area contributed by atoms with Crippen LogP contribution in [-0.2, 0) is 12.8 Å². The van der Waals surface area contributed by atoms with E-state index in [0.29, 0.717) is 22.7 Å². The van der Waals surface area contributed by atoms with Crippen molar-refractivity contribution in [2.75, 3.05) is 5.32 Å². The second-order valence-corrected chi connectivity index (χ2v) is 9.58. The largest absolute Gasteiger partial charge is 0.364 e. The van der Waals surface area contributed by atoms with Crippen LogP contribution in [0.1, 0.15) is 37.5 Å². The van der Waals surface area contributed by atoms with Gasteiger partial charge < -0.3 is 15.6 Å². The number of aryl methyl sites for hydroxylation is 1. The average Bonchev–Trinajstić information content (AvgIpc) is 3.61. The molecule has 192 valence electrons. The van der Waals surface area contributed by atoms with Gasteiger partial charge in [-0.2, -0.15) is 5.10 Å². The van der Waals surface area contributed by atoms with Gasteiger partial charge in [0.1, 0.15) is 0 Å². The first kappa shape index (κ1) is 24.4. The van der Waals surface area contributed by atoms with Crippen LogP contribution in [0.5, 0.6) is 0 Å². The number of carbonyl (C=O) groups excluding carboxylic acids is 2. The number of nitrogens with zero attached hydrogens (tertiary/aromatic N) is 4. The molecule has 0 atom stereocenters. The Morgan fingerprint density at radius 2 is 1.85 bits per heavy atom. The molecule has 1 aliphatic carbocycles. The number of rotatable bonds is 6. The summed E-state index contributed by atoms with van der Waals surface area (Å²) in [7, 11) is 0. The zero-order chi connectivity index (χ0) is 26.9. The molecule has 0 radical (unpaired) electrons. The highest BCUT2D eigenvalue weighted by Crippen LogP contribution is 2.38. The highest BCUT2D eigenvalue weighted by atomic mass is 35.5. The molecule has 0 saturated carbocycles. The number of hydrogen-bond acceptors (Lipinski definition) is 4. The van der Waals surface area contributed by atoms with Gasteiger partial charge in [-0.15, -0.1) is 0 Å². The molecule has 5 aromatic rings. The number of anilines is 1. The summed E-state index contributed by atoms with van der Waals surface area (Å²) in [5, 5.41) is 7.95. The van der Waals surface area contributed by atoms with Crippen LogP contribution in [0.4, 0.5) is 5.69 Å². The van der Waals surface area contributed by atoms with Crippen LogP contribution in [0.3, 0.4) is 0 Å². The Labute approximate surface area is 229 Å². The van der Waals surface area contributed by atoms with Crippen LogP contribution < -0.4 is 11.1 Å². The lowest BCUT2D eigenvalue weighted by Gasteiger charge is -2.20. The predicted octanol–water partition coefficient (Wildman–Crippen LogP) is 5.47. The number of aromatic nitrogens is 4. The van der Waals surface area contributed by atoms with Crippen molar-refractivity contribution >= 4 is 41.4 Å². The van der Waals surface area contributed by atoms with Crippen molar-refractivity contribution in [3.8, 4) is 16.9 Å². The quantitative estimate of drug-likeness (QED) is 0.301. The zero-order valence-electron chi connectivity index (χ0n) is 20.7. The molecule has 9 heteroatoms. The first-order valence-corrected chi connectivity index (χ1v) is 12.7. The molecule has 0 bridgehead atoms. The zero-order valence-corrected chi connectivity index (χ0v) is 21.5. The molecule has 0 fully saturated rings. The van der Waals surface area contributed by atoms with Crippen molar-refractivity contribution in [1.82, 2.24) is 19.3 Å². The minimum Gasteiger partial charge on any atom is -0.364 e. The summed E-state index contributed by atoms with van der Waals surface area (Å²) in [5.74, 6) is -0.876. The predicted molar refractivity (Wildman–Crippen MR) is 152 cm³/mol. The van der Waals surface area contributed by atoms with Crippen LogP contribution in [0.25, 0.3) is 29.2 Å². The van der Waals surface area contributed by atoms with E-state index in [9.17, 15) is 9.59 Å². The van der Waals surface area contributed by atoms with Gasteiger partial charge in [0.05, 0.1) is 28.3 Å². The molecule has 0 unspecified atom stereocenters. The van der Waals surface area contributed by atoms with E-state index in [0.717, 1.165) is 40.1 Å². The van der Waals surface area contributed by atoms with Crippen LogP contribution in [0.2, 0.25) is 5.02 Å². The van der Waals surface area contributed by atoms with E-state index in [2.05, 4.69) is 15.4 Å². The second kappa shape index (κ2) is 10.1. The number of fused-ring (bicyclic) bond motifs is 3. The van der Waals surface area contributed by atoms with Gasteiger partial charge in [-0.05, 0) is 66.4 Å². The molecule has 0 spiro atoms. The van der Waals surface area contributed by atoms with Crippen LogP contribution in [0, 0.1) is 0 Å². The maximum absolute atomic E-state index is 12.9. The van der Waals surface area contributed by atoms with Crippen molar-refractivity contribution in [3.05, 3.63) is 118 Å². The molecule has 1 aliphatic rings. The first-order valence-electron chi connectivity index (χ1n) is 12.3. The molecular formula is C30H23ClN6O2. The lowest BCUT2D eigenvalue weighted by Crippen LogP contribution is -2.15.